The molecule has 5 nitrogen and oxygen atoms in total. The molecule has 0 radical (unpaired) electrons. The minimum absolute atomic E-state index is 0.0387. The monoisotopic (exact) mass is 316 g/mol. The number of rotatable bonds is 8. The van der Waals surface area contributed by atoms with Gasteiger partial charge < -0.3 is 15.0 Å². The maximum Gasteiger partial charge on any atom is 0.239 e. The van der Waals surface area contributed by atoms with Crippen LogP contribution in [0.3, 0.4) is 0 Å². The van der Waals surface area contributed by atoms with Crippen LogP contribution in [0.25, 0.3) is 10.9 Å². The van der Waals surface area contributed by atoms with E-state index in [1.807, 2.05) is 18.2 Å². The molecular formula is C18H24N2O3. The first-order valence-electron chi connectivity index (χ1n) is 8.11. The molecule has 0 saturated heterocycles. The summed E-state index contributed by atoms with van der Waals surface area (Å²) in [6, 6.07) is 8.77. The minimum Gasteiger partial charge on any atom is -0.396 e. The summed E-state index contributed by atoms with van der Waals surface area (Å²) in [6.07, 6.45) is 4.38. The van der Waals surface area contributed by atoms with E-state index in [0.717, 1.165) is 18.4 Å². The summed E-state index contributed by atoms with van der Waals surface area (Å²) >= 11 is 0. The van der Waals surface area contributed by atoms with Crippen molar-refractivity contribution in [2.75, 3.05) is 13.2 Å². The second-order valence-electron chi connectivity index (χ2n) is 5.80. The zero-order valence-electron chi connectivity index (χ0n) is 13.5. The molecule has 1 aromatic carbocycles. The second kappa shape index (κ2) is 8.48. The average Bonchev–Trinajstić information content (AvgIpc) is 2.56. The average molecular weight is 316 g/mol. The second-order valence-corrected chi connectivity index (χ2v) is 5.80. The Labute approximate surface area is 135 Å². The molecular weight excluding hydrogens is 292 g/mol. The summed E-state index contributed by atoms with van der Waals surface area (Å²) in [5, 5.41) is 12.6. The number of benzene rings is 1. The fourth-order valence-electron chi connectivity index (χ4n) is 2.81. The lowest BCUT2D eigenvalue weighted by atomic mass is 10.0. The molecule has 0 aliphatic heterocycles. The number of fused-ring (bicyclic) bond motifs is 1. The Morgan fingerprint density at radius 3 is 2.78 bits per heavy atom. The third-order valence-electron chi connectivity index (χ3n) is 4.02. The molecule has 23 heavy (non-hydrogen) atoms. The summed E-state index contributed by atoms with van der Waals surface area (Å²) < 4.78 is 1.78. The molecule has 0 bridgehead atoms. The molecule has 0 saturated carbocycles. The van der Waals surface area contributed by atoms with Crippen molar-refractivity contribution in [1.29, 1.82) is 0 Å². The Kier molecular flexibility index (Phi) is 6.35. The fraction of sp³-hybridized carbons (Fsp3) is 0.444. The lowest BCUT2D eigenvalue weighted by Gasteiger charge is -2.16. The molecule has 2 aromatic rings. The molecule has 1 aromatic heterocycles. The number of carbonyl (C=O) groups is 1. The summed E-state index contributed by atoms with van der Waals surface area (Å²) in [6.45, 7) is 2.99. The summed E-state index contributed by atoms with van der Waals surface area (Å²) in [7, 11) is 0. The van der Waals surface area contributed by atoms with E-state index in [9.17, 15) is 9.59 Å². The number of hydrogen-bond acceptors (Lipinski definition) is 3. The predicted molar refractivity (Wildman–Crippen MR) is 91.3 cm³/mol. The van der Waals surface area contributed by atoms with Gasteiger partial charge in [0.25, 0.3) is 0 Å². The van der Waals surface area contributed by atoms with Crippen LogP contribution < -0.4 is 10.7 Å². The van der Waals surface area contributed by atoms with Crippen LogP contribution in [-0.2, 0) is 11.3 Å². The SMILES string of the molecule is CCCC(CCO)CNC(=O)Cn1ccc(=O)c2ccccc21. The first-order valence-corrected chi connectivity index (χ1v) is 8.11. The van der Waals surface area contributed by atoms with E-state index in [1.54, 1.807) is 16.8 Å². The van der Waals surface area contributed by atoms with E-state index in [1.165, 1.54) is 6.07 Å². The Bertz CT molecular complexity index is 703. The number of para-hydroxylation sites is 1. The van der Waals surface area contributed by atoms with Crippen molar-refractivity contribution in [1.82, 2.24) is 9.88 Å². The van der Waals surface area contributed by atoms with Crippen molar-refractivity contribution in [2.45, 2.75) is 32.7 Å². The lowest BCUT2D eigenvalue weighted by Crippen LogP contribution is -2.32. The zero-order valence-corrected chi connectivity index (χ0v) is 13.5. The molecule has 1 unspecified atom stereocenters. The smallest absolute Gasteiger partial charge is 0.239 e. The minimum atomic E-state index is -0.0853. The van der Waals surface area contributed by atoms with Crippen molar-refractivity contribution in [2.24, 2.45) is 5.92 Å². The number of aliphatic hydroxyl groups excluding tert-OH is 1. The van der Waals surface area contributed by atoms with Gasteiger partial charge in [-0.3, -0.25) is 9.59 Å². The maximum atomic E-state index is 12.2. The van der Waals surface area contributed by atoms with Crippen molar-refractivity contribution >= 4 is 16.8 Å². The number of amides is 1. The summed E-state index contributed by atoms with van der Waals surface area (Å²) in [5.41, 5.74) is 0.721. The van der Waals surface area contributed by atoms with E-state index < -0.39 is 0 Å². The topological polar surface area (TPSA) is 71.3 Å². The molecule has 0 spiro atoms. The van der Waals surface area contributed by atoms with Gasteiger partial charge in [-0.25, -0.2) is 0 Å². The van der Waals surface area contributed by atoms with Crippen molar-refractivity contribution in [3.8, 4) is 0 Å². The fourth-order valence-corrected chi connectivity index (χ4v) is 2.81. The van der Waals surface area contributed by atoms with Gasteiger partial charge in [0.05, 0.1) is 5.52 Å². The molecule has 124 valence electrons. The van der Waals surface area contributed by atoms with Crippen molar-refractivity contribution < 1.29 is 9.90 Å². The maximum absolute atomic E-state index is 12.2. The van der Waals surface area contributed by atoms with Gasteiger partial charge in [-0.05, 0) is 30.9 Å². The molecule has 1 heterocycles. The van der Waals surface area contributed by atoms with E-state index in [2.05, 4.69) is 12.2 Å². The molecule has 1 atom stereocenters. The number of carbonyl (C=O) groups excluding carboxylic acids is 1. The van der Waals surface area contributed by atoms with Crippen LogP contribution in [-0.4, -0.2) is 28.7 Å². The zero-order chi connectivity index (χ0) is 16.7. The largest absolute Gasteiger partial charge is 0.396 e. The van der Waals surface area contributed by atoms with Gasteiger partial charge in [-0.15, -0.1) is 0 Å². The third-order valence-corrected chi connectivity index (χ3v) is 4.02. The number of nitrogens with zero attached hydrogens (tertiary/aromatic N) is 1. The normalized spacial score (nSPS) is 12.3. The Morgan fingerprint density at radius 1 is 1.26 bits per heavy atom. The molecule has 2 N–H and O–H groups in total. The summed E-state index contributed by atoms with van der Waals surface area (Å²) in [4.78, 5) is 24.0. The molecule has 5 heteroatoms. The standard InChI is InChI=1S/C18H24N2O3/c1-2-5-14(9-11-21)12-19-18(23)13-20-10-8-17(22)15-6-3-4-7-16(15)20/h3-4,6-8,10,14,21H,2,5,9,11-13H2,1H3,(H,19,23). The van der Waals surface area contributed by atoms with Gasteiger partial charge in [0, 0.05) is 30.8 Å². The van der Waals surface area contributed by atoms with Crippen molar-refractivity contribution in [3.05, 3.63) is 46.8 Å². The quantitative estimate of drug-likeness (QED) is 0.781. The van der Waals surface area contributed by atoms with Gasteiger partial charge >= 0.3 is 0 Å². The Morgan fingerprint density at radius 2 is 2.04 bits per heavy atom. The van der Waals surface area contributed by atoms with Crippen LogP contribution in [0.2, 0.25) is 0 Å². The van der Waals surface area contributed by atoms with Crippen LogP contribution in [0.1, 0.15) is 26.2 Å². The van der Waals surface area contributed by atoms with Crippen LogP contribution in [0.4, 0.5) is 0 Å². The molecule has 2 rings (SSSR count). The molecule has 0 aliphatic carbocycles. The first kappa shape index (κ1) is 17.2. The highest BCUT2D eigenvalue weighted by Gasteiger charge is 2.10. The molecule has 0 fully saturated rings. The highest BCUT2D eigenvalue weighted by molar-refractivity contribution is 5.82. The van der Waals surface area contributed by atoms with Crippen LogP contribution in [0.15, 0.2) is 41.3 Å². The van der Waals surface area contributed by atoms with Gasteiger partial charge in [0.2, 0.25) is 5.91 Å². The van der Waals surface area contributed by atoms with E-state index in [-0.39, 0.29) is 24.5 Å². The van der Waals surface area contributed by atoms with Gasteiger partial charge in [0.15, 0.2) is 5.43 Å². The van der Waals surface area contributed by atoms with E-state index in [4.69, 9.17) is 5.11 Å². The Hall–Kier alpha value is -2.14. The third kappa shape index (κ3) is 4.66. The molecule has 1 amide bonds. The van der Waals surface area contributed by atoms with Crippen molar-refractivity contribution in [3.63, 3.8) is 0 Å². The van der Waals surface area contributed by atoms with Gasteiger partial charge in [0.1, 0.15) is 6.54 Å². The van der Waals surface area contributed by atoms with Crippen LogP contribution >= 0.6 is 0 Å². The van der Waals surface area contributed by atoms with Gasteiger partial charge in [-0.1, -0.05) is 25.5 Å². The predicted octanol–water partition coefficient (Wildman–Crippen LogP) is 1.92. The Balaban J connectivity index is 2.03. The van der Waals surface area contributed by atoms with E-state index in [0.29, 0.717) is 24.3 Å². The number of nitrogens with one attached hydrogen (secondary N) is 1. The lowest BCUT2D eigenvalue weighted by molar-refractivity contribution is -0.121. The van der Waals surface area contributed by atoms with Gasteiger partial charge in [-0.2, -0.15) is 0 Å². The first-order chi connectivity index (χ1) is 11.2. The van der Waals surface area contributed by atoms with E-state index >= 15 is 0 Å². The number of aliphatic hydroxyl groups is 1. The highest BCUT2D eigenvalue weighted by Crippen LogP contribution is 2.11. The van der Waals surface area contributed by atoms with Crippen LogP contribution in [0, 0.1) is 5.92 Å². The molecule has 0 aliphatic rings. The summed E-state index contributed by atoms with van der Waals surface area (Å²) in [5.74, 6) is 0.220. The highest BCUT2D eigenvalue weighted by atomic mass is 16.3. The number of aromatic nitrogens is 1. The van der Waals surface area contributed by atoms with Crippen LogP contribution in [0.5, 0.6) is 0 Å². The number of pyridine rings is 1. The number of hydrogen-bond donors (Lipinski definition) is 2.